The standard InChI is InChI=1S/C24H25FN2O6/c1-5-33-21(28)18-13-19(17-10-9-16(31-3)12-20(17)32-4)27-23(30)26(22(29)24(18,27)2)15-8-6-7-14(25)11-15/h6-12,18-19H,5,13H2,1-4H3/t18-,19+,24-/m0/s1. The lowest BCUT2D eigenvalue weighted by Gasteiger charge is -2.31. The highest BCUT2D eigenvalue weighted by Gasteiger charge is 2.67. The summed E-state index contributed by atoms with van der Waals surface area (Å²) in [6.45, 7) is 3.37. The maximum absolute atomic E-state index is 13.9. The van der Waals surface area contributed by atoms with Crippen LogP contribution in [-0.2, 0) is 14.3 Å². The molecule has 2 aliphatic rings. The first-order valence-corrected chi connectivity index (χ1v) is 10.6. The van der Waals surface area contributed by atoms with Gasteiger partial charge in [0.15, 0.2) is 0 Å². The van der Waals surface area contributed by atoms with Crippen LogP contribution in [0.15, 0.2) is 42.5 Å². The smallest absolute Gasteiger partial charge is 0.332 e. The van der Waals surface area contributed by atoms with E-state index in [4.69, 9.17) is 14.2 Å². The van der Waals surface area contributed by atoms with Gasteiger partial charge in [0, 0.05) is 11.6 Å². The lowest BCUT2D eigenvalue weighted by atomic mass is 9.85. The highest BCUT2D eigenvalue weighted by molar-refractivity contribution is 6.24. The van der Waals surface area contributed by atoms with Crippen molar-refractivity contribution in [3.8, 4) is 11.5 Å². The van der Waals surface area contributed by atoms with Crippen LogP contribution in [0.2, 0.25) is 0 Å². The number of fused-ring (bicyclic) bond motifs is 1. The van der Waals surface area contributed by atoms with Gasteiger partial charge >= 0.3 is 12.0 Å². The molecule has 2 heterocycles. The number of anilines is 1. The van der Waals surface area contributed by atoms with Crippen molar-refractivity contribution in [3.05, 3.63) is 53.8 Å². The number of halogens is 1. The molecule has 0 bridgehead atoms. The van der Waals surface area contributed by atoms with Crippen molar-refractivity contribution in [3.63, 3.8) is 0 Å². The molecule has 3 atom stereocenters. The fourth-order valence-corrected chi connectivity index (χ4v) is 4.83. The molecule has 2 fully saturated rings. The number of methoxy groups -OCH3 is 2. The van der Waals surface area contributed by atoms with E-state index in [0.29, 0.717) is 17.1 Å². The minimum Gasteiger partial charge on any atom is -0.497 e. The Hall–Kier alpha value is -3.62. The van der Waals surface area contributed by atoms with Gasteiger partial charge in [0.1, 0.15) is 22.9 Å². The van der Waals surface area contributed by atoms with Gasteiger partial charge in [-0.3, -0.25) is 9.59 Å². The minimum atomic E-state index is -1.51. The van der Waals surface area contributed by atoms with E-state index >= 15 is 0 Å². The zero-order valence-electron chi connectivity index (χ0n) is 18.8. The van der Waals surface area contributed by atoms with Gasteiger partial charge in [-0.2, -0.15) is 0 Å². The van der Waals surface area contributed by atoms with E-state index in [1.165, 1.54) is 37.3 Å². The molecule has 9 heteroatoms. The van der Waals surface area contributed by atoms with Gasteiger partial charge in [0.05, 0.1) is 38.5 Å². The van der Waals surface area contributed by atoms with Gasteiger partial charge in [0.2, 0.25) is 0 Å². The normalized spacial score (nSPS) is 24.2. The number of amides is 3. The van der Waals surface area contributed by atoms with Crippen molar-refractivity contribution in [2.24, 2.45) is 5.92 Å². The molecule has 33 heavy (non-hydrogen) atoms. The second-order valence-electron chi connectivity index (χ2n) is 8.08. The third-order valence-corrected chi connectivity index (χ3v) is 6.42. The number of ether oxygens (including phenoxy) is 3. The molecule has 0 aromatic heterocycles. The summed E-state index contributed by atoms with van der Waals surface area (Å²) < 4.78 is 30.0. The zero-order chi connectivity index (χ0) is 23.9. The predicted molar refractivity (Wildman–Crippen MR) is 117 cm³/mol. The topological polar surface area (TPSA) is 85.4 Å². The average Bonchev–Trinajstić information content (AvgIpc) is 3.22. The van der Waals surface area contributed by atoms with Crippen LogP contribution in [0.4, 0.5) is 14.9 Å². The maximum Gasteiger partial charge on any atom is 0.332 e. The van der Waals surface area contributed by atoms with Crippen LogP contribution in [-0.4, -0.2) is 49.2 Å². The van der Waals surface area contributed by atoms with E-state index in [2.05, 4.69) is 0 Å². The fourth-order valence-electron chi connectivity index (χ4n) is 4.83. The van der Waals surface area contributed by atoms with Crippen LogP contribution >= 0.6 is 0 Å². The molecule has 2 saturated heterocycles. The van der Waals surface area contributed by atoms with Crippen LogP contribution in [0, 0.1) is 11.7 Å². The van der Waals surface area contributed by atoms with Crippen LogP contribution in [0.1, 0.15) is 31.9 Å². The Morgan fingerprint density at radius 2 is 1.91 bits per heavy atom. The Kier molecular flexibility index (Phi) is 5.73. The van der Waals surface area contributed by atoms with Gasteiger partial charge < -0.3 is 19.1 Å². The Balaban J connectivity index is 1.86. The van der Waals surface area contributed by atoms with Gasteiger partial charge in [-0.15, -0.1) is 0 Å². The van der Waals surface area contributed by atoms with Crippen LogP contribution in [0.25, 0.3) is 0 Å². The molecule has 8 nitrogen and oxygen atoms in total. The number of esters is 1. The number of imide groups is 1. The molecule has 2 aromatic rings. The lowest BCUT2D eigenvalue weighted by Crippen LogP contribution is -2.50. The molecule has 0 unspecified atom stereocenters. The summed E-state index contributed by atoms with van der Waals surface area (Å²) in [5, 5.41) is 0. The molecule has 2 aromatic carbocycles. The van der Waals surface area contributed by atoms with Crippen LogP contribution in [0.3, 0.4) is 0 Å². The largest absolute Gasteiger partial charge is 0.497 e. The summed E-state index contributed by atoms with van der Waals surface area (Å²) in [6, 6.07) is 9.10. The third kappa shape index (κ3) is 3.39. The molecular formula is C24H25FN2O6. The highest BCUT2D eigenvalue weighted by Crippen LogP contribution is 2.54. The lowest BCUT2D eigenvalue weighted by molar-refractivity contribution is -0.152. The molecule has 174 valence electrons. The summed E-state index contributed by atoms with van der Waals surface area (Å²) in [4.78, 5) is 42.6. The van der Waals surface area contributed by atoms with Crippen LogP contribution < -0.4 is 14.4 Å². The Morgan fingerprint density at radius 3 is 2.55 bits per heavy atom. The van der Waals surface area contributed by atoms with E-state index in [1.807, 2.05) is 0 Å². The van der Waals surface area contributed by atoms with Gasteiger partial charge in [-0.1, -0.05) is 6.07 Å². The number of benzene rings is 2. The number of rotatable bonds is 6. The van der Waals surface area contributed by atoms with E-state index in [1.54, 1.807) is 32.0 Å². The van der Waals surface area contributed by atoms with Crippen molar-refractivity contribution in [2.75, 3.05) is 25.7 Å². The zero-order valence-corrected chi connectivity index (χ0v) is 18.8. The van der Waals surface area contributed by atoms with E-state index in [9.17, 15) is 18.8 Å². The first-order valence-electron chi connectivity index (χ1n) is 10.6. The number of carbonyl (C=O) groups is 3. The van der Waals surface area contributed by atoms with E-state index in [-0.39, 0.29) is 18.7 Å². The van der Waals surface area contributed by atoms with Crippen molar-refractivity contribution in [1.82, 2.24) is 4.90 Å². The third-order valence-electron chi connectivity index (χ3n) is 6.42. The SMILES string of the molecule is CCOC(=O)[C@@H]1C[C@H](c2ccc(OC)cc2OC)N2C(=O)N(c3cccc(F)c3)C(=O)[C@]12C. The minimum absolute atomic E-state index is 0.101. The summed E-state index contributed by atoms with van der Waals surface area (Å²) in [5.41, 5.74) is -0.784. The summed E-state index contributed by atoms with van der Waals surface area (Å²) in [5.74, 6) is -1.66. The highest BCUT2D eigenvalue weighted by atomic mass is 19.1. The van der Waals surface area contributed by atoms with Crippen molar-refractivity contribution >= 4 is 23.6 Å². The Morgan fingerprint density at radius 1 is 1.15 bits per heavy atom. The molecule has 0 spiro atoms. The molecule has 4 rings (SSSR count). The average molecular weight is 456 g/mol. The van der Waals surface area contributed by atoms with Crippen molar-refractivity contribution < 1.29 is 33.0 Å². The molecule has 0 radical (unpaired) electrons. The van der Waals surface area contributed by atoms with Crippen molar-refractivity contribution in [2.45, 2.75) is 31.8 Å². The predicted octanol–water partition coefficient (Wildman–Crippen LogP) is 3.69. The summed E-state index contributed by atoms with van der Waals surface area (Å²) in [7, 11) is 3.02. The first kappa shape index (κ1) is 22.6. The Labute approximate surface area is 190 Å². The number of hydrogen-bond acceptors (Lipinski definition) is 6. The summed E-state index contributed by atoms with van der Waals surface area (Å²) in [6.07, 6.45) is 0.173. The number of hydrogen-bond donors (Lipinski definition) is 0. The van der Waals surface area contributed by atoms with Gasteiger partial charge in [0.25, 0.3) is 5.91 Å². The van der Waals surface area contributed by atoms with Crippen molar-refractivity contribution in [1.29, 1.82) is 0 Å². The molecule has 3 amide bonds. The Bertz CT molecular complexity index is 1120. The van der Waals surface area contributed by atoms with Gasteiger partial charge in [-0.05, 0) is 50.6 Å². The molecule has 2 aliphatic heterocycles. The molecule has 0 saturated carbocycles. The first-order chi connectivity index (χ1) is 15.8. The maximum atomic E-state index is 13.9. The monoisotopic (exact) mass is 456 g/mol. The quantitative estimate of drug-likeness (QED) is 0.487. The van der Waals surface area contributed by atoms with E-state index < -0.39 is 41.2 Å². The second kappa shape index (κ2) is 8.38. The number of carbonyl (C=O) groups excluding carboxylic acids is 3. The second-order valence-corrected chi connectivity index (χ2v) is 8.08. The van der Waals surface area contributed by atoms with Crippen LogP contribution in [0.5, 0.6) is 11.5 Å². The van der Waals surface area contributed by atoms with E-state index in [0.717, 1.165) is 11.0 Å². The molecule has 0 N–H and O–H groups in total. The molecule has 0 aliphatic carbocycles. The number of urea groups is 1. The number of nitrogens with zero attached hydrogens (tertiary/aromatic N) is 2. The summed E-state index contributed by atoms with van der Waals surface area (Å²) >= 11 is 0. The van der Waals surface area contributed by atoms with Gasteiger partial charge in [-0.25, -0.2) is 14.1 Å². The fraction of sp³-hybridized carbons (Fsp3) is 0.375. The molecular weight excluding hydrogens is 431 g/mol.